The zero-order valence-corrected chi connectivity index (χ0v) is 14.5. The van der Waals surface area contributed by atoms with Gasteiger partial charge in [-0.05, 0) is 28.6 Å². The van der Waals surface area contributed by atoms with Gasteiger partial charge in [0.1, 0.15) is 5.82 Å². The summed E-state index contributed by atoms with van der Waals surface area (Å²) >= 11 is 2.78. The first-order valence-electron chi connectivity index (χ1n) is 6.90. The van der Waals surface area contributed by atoms with Crippen LogP contribution in [0.2, 0.25) is 0 Å². The van der Waals surface area contributed by atoms with Gasteiger partial charge in [-0.15, -0.1) is 16.4 Å². The lowest BCUT2D eigenvalue weighted by Crippen LogP contribution is -2.22. The van der Waals surface area contributed by atoms with E-state index in [4.69, 9.17) is 0 Å². The van der Waals surface area contributed by atoms with Crippen molar-refractivity contribution in [3.63, 3.8) is 0 Å². The Labute approximate surface area is 145 Å². The Morgan fingerprint density at radius 1 is 1.46 bits per heavy atom. The monoisotopic (exact) mass is 364 g/mol. The molecule has 10 heteroatoms. The Morgan fingerprint density at radius 3 is 3.04 bits per heavy atom. The lowest BCUT2D eigenvalue weighted by Gasteiger charge is -2.09. The summed E-state index contributed by atoms with van der Waals surface area (Å²) < 4.78 is 14.8. The van der Waals surface area contributed by atoms with Crippen LogP contribution in [-0.4, -0.2) is 38.1 Å². The molecule has 0 saturated carbocycles. The van der Waals surface area contributed by atoms with E-state index in [0.29, 0.717) is 21.7 Å². The highest BCUT2D eigenvalue weighted by atomic mass is 32.2. The third-order valence-corrected chi connectivity index (χ3v) is 5.06. The molecule has 0 N–H and O–H groups in total. The number of thioether (sulfide) groups is 1. The molecule has 0 spiro atoms. The van der Waals surface area contributed by atoms with Gasteiger partial charge in [0, 0.05) is 25.1 Å². The van der Waals surface area contributed by atoms with Crippen molar-refractivity contribution in [1.82, 2.24) is 25.2 Å². The zero-order chi connectivity index (χ0) is 17.1. The number of rotatable bonds is 5. The molecule has 3 aromatic rings. The van der Waals surface area contributed by atoms with Crippen molar-refractivity contribution in [1.29, 1.82) is 0 Å². The first-order valence-corrected chi connectivity index (χ1v) is 8.77. The highest BCUT2D eigenvalue weighted by Gasteiger charge is 2.13. The van der Waals surface area contributed by atoms with Crippen LogP contribution in [-0.2, 0) is 10.5 Å². The molecule has 1 aromatic carbocycles. The third kappa shape index (κ3) is 3.60. The standard InChI is InChI=1S/C14H13FN6OS2/c1-9(22)20(2)13-16-11(7-23-13)8-24-14-17-18-19-21(14)12-5-3-4-10(15)6-12/h3-7H,8H2,1-2H3. The van der Waals surface area contributed by atoms with E-state index < -0.39 is 0 Å². The van der Waals surface area contributed by atoms with E-state index in [1.165, 1.54) is 51.7 Å². The number of benzene rings is 1. The number of amides is 1. The van der Waals surface area contributed by atoms with E-state index in [2.05, 4.69) is 20.5 Å². The van der Waals surface area contributed by atoms with Gasteiger partial charge in [0.2, 0.25) is 11.1 Å². The molecular formula is C14H13FN6OS2. The van der Waals surface area contributed by atoms with Gasteiger partial charge in [0.25, 0.3) is 0 Å². The van der Waals surface area contributed by atoms with Gasteiger partial charge in [-0.2, -0.15) is 4.68 Å². The van der Waals surface area contributed by atoms with E-state index in [9.17, 15) is 9.18 Å². The topological polar surface area (TPSA) is 76.8 Å². The molecule has 0 bridgehead atoms. The molecule has 0 aliphatic rings. The van der Waals surface area contributed by atoms with Crippen LogP contribution in [0.15, 0.2) is 34.8 Å². The number of anilines is 1. The van der Waals surface area contributed by atoms with Crippen molar-refractivity contribution in [2.45, 2.75) is 17.8 Å². The molecule has 124 valence electrons. The maximum absolute atomic E-state index is 13.4. The first-order chi connectivity index (χ1) is 11.5. The number of halogens is 1. The van der Waals surface area contributed by atoms with Crippen molar-refractivity contribution in [2.24, 2.45) is 0 Å². The van der Waals surface area contributed by atoms with Crippen LogP contribution in [0.1, 0.15) is 12.6 Å². The molecule has 1 amide bonds. The van der Waals surface area contributed by atoms with Crippen LogP contribution >= 0.6 is 23.1 Å². The second-order valence-corrected chi connectivity index (χ2v) is 6.62. The maximum atomic E-state index is 13.4. The normalized spacial score (nSPS) is 10.8. The average Bonchev–Trinajstić information content (AvgIpc) is 3.21. The molecule has 0 aliphatic heterocycles. The largest absolute Gasteiger partial charge is 0.292 e. The Balaban J connectivity index is 1.72. The molecule has 0 fully saturated rings. The fourth-order valence-corrected chi connectivity index (χ4v) is 3.55. The predicted molar refractivity (Wildman–Crippen MR) is 89.9 cm³/mol. The lowest BCUT2D eigenvalue weighted by atomic mass is 10.3. The van der Waals surface area contributed by atoms with Gasteiger partial charge in [-0.1, -0.05) is 17.8 Å². The summed E-state index contributed by atoms with van der Waals surface area (Å²) in [5.41, 5.74) is 1.37. The van der Waals surface area contributed by atoms with Crippen LogP contribution in [0.25, 0.3) is 5.69 Å². The molecule has 0 aliphatic carbocycles. The quantitative estimate of drug-likeness (QED) is 0.648. The van der Waals surface area contributed by atoms with Gasteiger partial charge in [-0.25, -0.2) is 9.37 Å². The van der Waals surface area contributed by atoms with Crippen molar-refractivity contribution >= 4 is 34.1 Å². The maximum Gasteiger partial charge on any atom is 0.225 e. The molecule has 3 rings (SSSR count). The highest BCUT2D eigenvalue weighted by Crippen LogP contribution is 2.26. The van der Waals surface area contributed by atoms with Crippen molar-refractivity contribution in [2.75, 3.05) is 11.9 Å². The molecule has 0 saturated heterocycles. The average molecular weight is 364 g/mol. The summed E-state index contributed by atoms with van der Waals surface area (Å²) in [5.74, 6) is 0.117. The van der Waals surface area contributed by atoms with Crippen molar-refractivity contribution in [3.05, 3.63) is 41.2 Å². The number of carbonyl (C=O) groups is 1. The fourth-order valence-electron chi connectivity index (χ4n) is 1.83. The number of tetrazole rings is 1. The van der Waals surface area contributed by atoms with Crippen LogP contribution in [0.4, 0.5) is 9.52 Å². The summed E-state index contributed by atoms with van der Waals surface area (Å²) in [6.45, 7) is 1.49. The van der Waals surface area contributed by atoms with E-state index in [-0.39, 0.29) is 11.7 Å². The number of thiazole rings is 1. The minimum atomic E-state index is -0.352. The minimum absolute atomic E-state index is 0.0707. The molecule has 0 radical (unpaired) electrons. The highest BCUT2D eigenvalue weighted by molar-refractivity contribution is 7.98. The Bertz CT molecular complexity index is 864. The number of hydrogen-bond acceptors (Lipinski definition) is 7. The van der Waals surface area contributed by atoms with Gasteiger partial charge in [0.05, 0.1) is 11.4 Å². The van der Waals surface area contributed by atoms with Crippen molar-refractivity contribution in [3.8, 4) is 5.69 Å². The van der Waals surface area contributed by atoms with E-state index in [1.54, 1.807) is 19.2 Å². The summed E-state index contributed by atoms with van der Waals surface area (Å²) in [4.78, 5) is 17.3. The second-order valence-electron chi connectivity index (χ2n) is 4.84. The molecule has 2 heterocycles. The first kappa shape index (κ1) is 16.5. The Hall–Kier alpha value is -2.33. The second kappa shape index (κ2) is 7.05. The van der Waals surface area contributed by atoms with Gasteiger partial charge >= 0.3 is 0 Å². The number of aromatic nitrogens is 5. The van der Waals surface area contributed by atoms with Crippen molar-refractivity contribution < 1.29 is 9.18 Å². The Kier molecular flexibility index (Phi) is 4.86. The van der Waals surface area contributed by atoms with E-state index in [1.807, 2.05) is 5.38 Å². The summed E-state index contributed by atoms with van der Waals surface area (Å²) in [6.07, 6.45) is 0. The molecule has 0 atom stereocenters. The molecule has 0 unspecified atom stereocenters. The predicted octanol–water partition coefficient (Wildman–Crippen LogP) is 2.53. The zero-order valence-electron chi connectivity index (χ0n) is 12.9. The van der Waals surface area contributed by atoms with Crippen LogP contribution in [0.3, 0.4) is 0 Å². The summed E-state index contributed by atoms with van der Waals surface area (Å²) in [6, 6.07) is 6.06. The number of hydrogen-bond donors (Lipinski definition) is 0. The number of nitrogens with zero attached hydrogens (tertiary/aromatic N) is 6. The molecule has 7 nitrogen and oxygen atoms in total. The van der Waals surface area contributed by atoms with Gasteiger partial charge < -0.3 is 0 Å². The smallest absolute Gasteiger partial charge is 0.225 e. The fraction of sp³-hybridized carbons (Fsp3) is 0.214. The lowest BCUT2D eigenvalue weighted by molar-refractivity contribution is -0.116. The Morgan fingerprint density at radius 2 is 2.29 bits per heavy atom. The summed E-state index contributed by atoms with van der Waals surface area (Å²) in [5, 5.41) is 14.6. The minimum Gasteiger partial charge on any atom is -0.292 e. The van der Waals surface area contributed by atoms with Crippen LogP contribution < -0.4 is 4.90 Å². The molecule has 2 aromatic heterocycles. The van der Waals surface area contributed by atoms with E-state index >= 15 is 0 Å². The molecular weight excluding hydrogens is 351 g/mol. The molecule has 24 heavy (non-hydrogen) atoms. The van der Waals surface area contributed by atoms with E-state index in [0.717, 1.165) is 5.69 Å². The van der Waals surface area contributed by atoms with Crippen LogP contribution in [0, 0.1) is 5.82 Å². The van der Waals surface area contributed by atoms with Gasteiger partial charge in [0.15, 0.2) is 5.13 Å². The van der Waals surface area contributed by atoms with Crippen LogP contribution in [0.5, 0.6) is 0 Å². The number of carbonyl (C=O) groups excluding carboxylic acids is 1. The van der Waals surface area contributed by atoms with Gasteiger partial charge in [-0.3, -0.25) is 9.69 Å². The SMILES string of the molecule is CC(=O)N(C)c1nc(CSc2nnnn2-c2cccc(F)c2)cs1. The summed E-state index contributed by atoms with van der Waals surface area (Å²) in [7, 11) is 1.68. The third-order valence-electron chi connectivity index (χ3n) is 3.14.